The standard InChI is InChI=1S/C21H42N2O/c1-4-7-8-11-22-20-14-21(15-20)24-17-19-9-12-23(13-10-19)16-18(5-2)6-3/h18-22H,4-17H2,1-3H3. The van der Waals surface area contributed by atoms with Crippen molar-refractivity contribution in [2.45, 2.75) is 90.7 Å². The highest BCUT2D eigenvalue weighted by Crippen LogP contribution is 2.26. The van der Waals surface area contributed by atoms with E-state index in [0.29, 0.717) is 6.10 Å². The molecule has 1 aliphatic carbocycles. The molecule has 0 aromatic carbocycles. The number of hydrogen-bond acceptors (Lipinski definition) is 3. The first kappa shape index (κ1) is 20.2. The Bertz CT molecular complexity index is 305. The monoisotopic (exact) mass is 338 g/mol. The third kappa shape index (κ3) is 7.01. The lowest BCUT2D eigenvalue weighted by atomic mass is 9.88. The molecule has 0 amide bonds. The van der Waals surface area contributed by atoms with E-state index in [0.717, 1.165) is 24.5 Å². The van der Waals surface area contributed by atoms with E-state index in [1.165, 1.54) is 84.0 Å². The van der Waals surface area contributed by atoms with Gasteiger partial charge in [0.05, 0.1) is 6.10 Å². The van der Waals surface area contributed by atoms with Gasteiger partial charge in [0, 0.05) is 19.2 Å². The summed E-state index contributed by atoms with van der Waals surface area (Å²) in [4.78, 5) is 2.69. The normalized spacial score (nSPS) is 26.0. The summed E-state index contributed by atoms with van der Waals surface area (Å²) in [5, 5.41) is 3.67. The Hall–Kier alpha value is -0.120. The van der Waals surface area contributed by atoms with Crippen molar-refractivity contribution in [3.05, 3.63) is 0 Å². The highest BCUT2D eigenvalue weighted by Gasteiger charge is 2.30. The van der Waals surface area contributed by atoms with Crippen molar-refractivity contribution >= 4 is 0 Å². The number of ether oxygens (including phenoxy) is 1. The molecule has 0 aromatic heterocycles. The van der Waals surface area contributed by atoms with Crippen LogP contribution in [0.25, 0.3) is 0 Å². The van der Waals surface area contributed by atoms with Gasteiger partial charge in [0.2, 0.25) is 0 Å². The van der Waals surface area contributed by atoms with E-state index in [2.05, 4.69) is 31.0 Å². The van der Waals surface area contributed by atoms with Crippen molar-refractivity contribution in [2.75, 3.05) is 32.8 Å². The third-order valence-corrected chi connectivity index (χ3v) is 6.25. The van der Waals surface area contributed by atoms with Crippen molar-refractivity contribution in [1.82, 2.24) is 10.2 Å². The van der Waals surface area contributed by atoms with Crippen molar-refractivity contribution in [3.8, 4) is 0 Å². The van der Waals surface area contributed by atoms with E-state index in [4.69, 9.17) is 4.74 Å². The molecular weight excluding hydrogens is 296 g/mol. The molecular formula is C21H42N2O. The largest absolute Gasteiger partial charge is 0.378 e. The van der Waals surface area contributed by atoms with Crippen LogP contribution in [0.15, 0.2) is 0 Å². The molecule has 0 aromatic rings. The van der Waals surface area contributed by atoms with Gasteiger partial charge in [-0.25, -0.2) is 0 Å². The lowest BCUT2D eigenvalue weighted by Crippen LogP contribution is -2.46. The molecule has 1 heterocycles. The minimum atomic E-state index is 0.538. The van der Waals surface area contributed by atoms with Gasteiger partial charge in [-0.1, -0.05) is 46.5 Å². The first-order valence-corrected chi connectivity index (χ1v) is 10.8. The van der Waals surface area contributed by atoms with Gasteiger partial charge in [-0.15, -0.1) is 0 Å². The molecule has 1 saturated carbocycles. The Kier molecular flexibility index (Phi) is 9.67. The maximum Gasteiger partial charge on any atom is 0.0605 e. The molecule has 0 atom stereocenters. The van der Waals surface area contributed by atoms with E-state index in [-0.39, 0.29) is 0 Å². The van der Waals surface area contributed by atoms with Crippen molar-refractivity contribution < 1.29 is 4.74 Å². The highest BCUT2D eigenvalue weighted by molar-refractivity contribution is 4.86. The van der Waals surface area contributed by atoms with Gasteiger partial charge in [-0.05, 0) is 63.6 Å². The zero-order valence-corrected chi connectivity index (χ0v) is 16.6. The second-order valence-corrected chi connectivity index (χ2v) is 8.21. The molecule has 1 aliphatic heterocycles. The molecule has 2 aliphatic rings. The van der Waals surface area contributed by atoms with Crippen LogP contribution in [0.3, 0.4) is 0 Å². The Morgan fingerprint density at radius 2 is 1.75 bits per heavy atom. The van der Waals surface area contributed by atoms with Crippen LogP contribution in [0, 0.1) is 11.8 Å². The van der Waals surface area contributed by atoms with Crippen LogP contribution in [-0.4, -0.2) is 49.8 Å². The summed E-state index contributed by atoms with van der Waals surface area (Å²) in [7, 11) is 0. The molecule has 2 fully saturated rings. The second kappa shape index (κ2) is 11.5. The predicted octanol–water partition coefficient (Wildman–Crippen LogP) is 4.46. The SMILES string of the molecule is CCCCCNC1CC(OCC2CCN(CC(CC)CC)CC2)C1. The van der Waals surface area contributed by atoms with Gasteiger partial charge in [0.1, 0.15) is 0 Å². The van der Waals surface area contributed by atoms with E-state index >= 15 is 0 Å². The summed E-state index contributed by atoms with van der Waals surface area (Å²) in [6, 6.07) is 0.730. The van der Waals surface area contributed by atoms with Gasteiger partial charge in [-0.3, -0.25) is 0 Å². The molecule has 0 unspecified atom stereocenters. The topological polar surface area (TPSA) is 24.5 Å². The highest BCUT2D eigenvalue weighted by atomic mass is 16.5. The van der Waals surface area contributed by atoms with Gasteiger partial charge in [-0.2, -0.15) is 0 Å². The predicted molar refractivity (Wildman–Crippen MR) is 104 cm³/mol. The maximum atomic E-state index is 6.18. The molecule has 1 N–H and O–H groups in total. The summed E-state index contributed by atoms with van der Waals surface area (Å²) < 4.78 is 6.18. The van der Waals surface area contributed by atoms with E-state index < -0.39 is 0 Å². The molecule has 0 radical (unpaired) electrons. The fourth-order valence-electron chi connectivity index (χ4n) is 4.07. The lowest BCUT2D eigenvalue weighted by Gasteiger charge is -2.38. The fraction of sp³-hybridized carbons (Fsp3) is 1.00. The van der Waals surface area contributed by atoms with Crippen LogP contribution >= 0.6 is 0 Å². The number of likely N-dealkylation sites (tertiary alicyclic amines) is 1. The smallest absolute Gasteiger partial charge is 0.0605 e. The Balaban J connectivity index is 1.47. The second-order valence-electron chi connectivity index (χ2n) is 8.21. The van der Waals surface area contributed by atoms with Crippen LogP contribution in [0.5, 0.6) is 0 Å². The van der Waals surface area contributed by atoms with Gasteiger partial charge in [0.15, 0.2) is 0 Å². The zero-order valence-electron chi connectivity index (χ0n) is 16.6. The first-order chi connectivity index (χ1) is 11.7. The molecule has 0 bridgehead atoms. The summed E-state index contributed by atoms with van der Waals surface area (Å²) in [5.41, 5.74) is 0. The fourth-order valence-corrected chi connectivity index (χ4v) is 4.07. The number of piperidine rings is 1. The lowest BCUT2D eigenvalue weighted by molar-refractivity contribution is -0.0408. The zero-order chi connectivity index (χ0) is 17.2. The Morgan fingerprint density at radius 1 is 1.04 bits per heavy atom. The van der Waals surface area contributed by atoms with Crippen LogP contribution < -0.4 is 5.32 Å². The molecule has 2 rings (SSSR count). The number of unbranched alkanes of at least 4 members (excludes halogenated alkanes) is 2. The minimum absolute atomic E-state index is 0.538. The first-order valence-electron chi connectivity index (χ1n) is 10.8. The van der Waals surface area contributed by atoms with Crippen molar-refractivity contribution in [1.29, 1.82) is 0 Å². The molecule has 142 valence electrons. The van der Waals surface area contributed by atoms with Crippen LogP contribution in [0.1, 0.15) is 78.6 Å². The minimum Gasteiger partial charge on any atom is -0.378 e. The molecule has 3 heteroatoms. The van der Waals surface area contributed by atoms with Crippen LogP contribution in [-0.2, 0) is 4.74 Å². The van der Waals surface area contributed by atoms with Crippen LogP contribution in [0.2, 0.25) is 0 Å². The van der Waals surface area contributed by atoms with E-state index in [1.54, 1.807) is 0 Å². The summed E-state index contributed by atoms with van der Waals surface area (Å²) in [5.74, 6) is 1.70. The summed E-state index contributed by atoms with van der Waals surface area (Å²) >= 11 is 0. The quantitative estimate of drug-likeness (QED) is 0.532. The van der Waals surface area contributed by atoms with E-state index in [9.17, 15) is 0 Å². The average molecular weight is 339 g/mol. The van der Waals surface area contributed by atoms with Crippen molar-refractivity contribution in [3.63, 3.8) is 0 Å². The third-order valence-electron chi connectivity index (χ3n) is 6.25. The average Bonchev–Trinajstić information content (AvgIpc) is 2.58. The number of nitrogens with zero attached hydrogens (tertiary/aromatic N) is 1. The number of hydrogen-bond donors (Lipinski definition) is 1. The molecule has 0 spiro atoms. The van der Waals surface area contributed by atoms with Gasteiger partial charge in [0.25, 0.3) is 0 Å². The Labute approximate surface area is 150 Å². The van der Waals surface area contributed by atoms with Gasteiger partial charge >= 0.3 is 0 Å². The van der Waals surface area contributed by atoms with Gasteiger partial charge < -0.3 is 15.0 Å². The number of nitrogens with one attached hydrogen (secondary N) is 1. The summed E-state index contributed by atoms with van der Waals surface area (Å²) in [6.07, 6.45) is 12.3. The molecule has 24 heavy (non-hydrogen) atoms. The molecule has 3 nitrogen and oxygen atoms in total. The van der Waals surface area contributed by atoms with Crippen molar-refractivity contribution in [2.24, 2.45) is 11.8 Å². The number of rotatable bonds is 12. The Morgan fingerprint density at radius 3 is 2.38 bits per heavy atom. The maximum absolute atomic E-state index is 6.18. The van der Waals surface area contributed by atoms with E-state index in [1.807, 2.05) is 0 Å². The van der Waals surface area contributed by atoms with Crippen LogP contribution in [0.4, 0.5) is 0 Å². The molecule has 1 saturated heterocycles. The summed E-state index contributed by atoms with van der Waals surface area (Å²) in [6.45, 7) is 13.0.